The Bertz CT molecular complexity index is 522. The monoisotopic (exact) mass is 258 g/mol. The van der Waals surface area contributed by atoms with Gasteiger partial charge in [0.05, 0.1) is 5.69 Å². The summed E-state index contributed by atoms with van der Waals surface area (Å²) in [6, 6.07) is 10.0. The standard InChI is InChI=1S/C14H18N4O/c1-12(19)16-9-8-15-11-13-5-2-3-6-14(13)18-10-4-7-17-18/h2-7,10,15H,8-9,11H2,1H3,(H,16,19). The van der Waals surface area contributed by atoms with Crippen molar-refractivity contribution in [2.75, 3.05) is 13.1 Å². The number of benzene rings is 1. The summed E-state index contributed by atoms with van der Waals surface area (Å²) in [5, 5.41) is 10.3. The number of para-hydroxylation sites is 1. The lowest BCUT2D eigenvalue weighted by molar-refractivity contribution is -0.118. The van der Waals surface area contributed by atoms with Crippen molar-refractivity contribution >= 4 is 5.91 Å². The lowest BCUT2D eigenvalue weighted by Crippen LogP contribution is -2.30. The van der Waals surface area contributed by atoms with Gasteiger partial charge in [-0.05, 0) is 17.7 Å². The molecule has 0 aliphatic heterocycles. The molecule has 0 aliphatic rings. The fourth-order valence-corrected chi connectivity index (χ4v) is 1.85. The van der Waals surface area contributed by atoms with Gasteiger partial charge in [-0.3, -0.25) is 4.79 Å². The summed E-state index contributed by atoms with van der Waals surface area (Å²) in [6.45, 7) is 3.65. The molecule has 0 spiro atoms. The maximum atomic E-state index is 10.7. The van der Waals surface area contributed by atoms with Gasteiger partial charge in [0.25, 0.3) is 0 Å². The van der Waals surface area contributed by atoms with Crippen LogP contribution in [0.1, 0.15) is 12.5 Å². The molecule has 0 bridgehead atoms. The van der Waals surface area contributed by atoms with Gasteiger partial charge in [0.1, 0.15) is 0 Å². The molecule has 1 heterocycles. The minimum absolute atomic E-state index is 0.00117. The quantitative estimate of drug-likeness (QED) is 0.763. The molecule has 0 atom stereocenters. The molecule has 5 heteroatoms. The first-order valence-corrected chi connectivity index (χ1v) is 6.30. The Morgan fingerprint density at radius 3 is 2.84 bits per heavy atom. The van der Waals surface area contributed by atoms with E-state index >= 15 is 0 Å². The summed E-state index contributed by atoms with van der Waals surface area (Å²) in [7, 11) is 0. The van der Waals surface area contributed by atoms with Crippen molar-refractivity contribution in [3.05, 3.63) is 48.3 Å². The molecule has 0 saturated heterocycles. The molecular formula is C14H18N4O. The Kier molecular flexibility index (Phi) is 4.69. The summed E-state index contributed by atoms with van der Waals surface area (Å²) in [4.78, 5) is 10.7. The van der Waals surface area contributed by atoms with Crippen molar-refractivity contribution < 1.29 is 4.79 Å². The molecule has 1 amide bonds. The first kappa shape index (κ1) is 13.3. The van der Waals surface area contributed by atoms with Crippen LogP contribution in [0.4, 0.5) is 0 Å². The van der Waals surface area contributed by atoms with Crippen molar-refractivity contribution in [3.63, 3.8) is 0 Å². The van der Waals surface area contributed by atoms with Gasteiger partial charge in [-0.25, -0.2) is 4.68 Å². The predicted molar refractivity (Wildman–Crippen MR) is 74.0 cm³/mol. The molecule has 2 rings (SSSR count). The Morgan fingerprint density at radius 2 is 2.11 bits per heavy atom. The van der Waals surface area contributed by atoms with E-state index in [2.05, 4.69) is 21.8 Å². The largest absolute Gasteiger partial charge is 0.355 e. The van der Waals surface area contributed by atoms with E-state index in [0.717, 1.165) is 18.8 Å². The van der Waals surface area contributed by atoms with Crippen LogP contribution in [0.15, 0.2) is 42.7 Å². The van der Waals surface area contributed by atoms with Crippen LogP contribution in [0, 0.1) is 0 Å². The highest BCUT2D eigenvalue weighted by Gasteiger charge is 2.03. The molecule has 1 aromatic carbocycles. The van der Waals surface area contributed by atoms with Crippen LogP contribution in [0.25, 0.3) is 5.69 Å². The lowest BCUT2D eigenvalue weighted by atomic mass is 10.2. The van der Waals surface area contributed by atoms with E-state index in [9.17, 15) is 4.79 Å². The maximum absolute atomic E-state index is 10.7. The van der Waals surface area contributed by atoms with E-state index < -0.39 is 0 Å². The van der Waals surface area contributed by atoms with E-state index in [1.807, 2.05) is 35.1 Å². The fraction of sp³-hybridized carbons (Fsp3) is 0.286. The number of nitrogens with one attached hydrogen (secondary N) is 2. The first-order chi connectivity index (χ1) is 9.27. The number of carbonyl (C=O) groups is 1. The lowest BCUT2D eigenvalue weighted by Gasteiger charge is -2.10. The summed E-state index contributed by atoms with van der Waals surface area (Å²) >= 11 is 0. The Balaban J connectivity index is 1.92. The average Bonchev–Trinajstić information content (AvgIpc) is 2.92. The normalized spacial score (nSPS) is 10.4. The molecule has 0 aliphatic carbocycles. The summed E-state index contributed by atoms with van der Waals surface area (Å²) in [5.74, 6) is -0.00117. The van der Waals surface area contributed by atoms with E-state index in [4.69, 9.17) is 0 Å². The summed E-state index contributed by atoms with van der Waals surface area (Å²) in [5.41, 5.74) is 2.24. The Morgan fingerprint density at radius 1 is 1.26 bits per heavy atom. The number of hydrogen-bond donors (Lipinski definition) is 2. The zero-order valence-electron chi connectivity index (χ0n) is 11.0. The SMILES string of the molecule is CC(=O)NCCNCc1ccccc1-n1cccn1. The van der Waals surface area contributed by atoms with Crippen LogP contribution in [-0.4, -0.2) is 28.8 Å². The third-order valence-electron chi connectivity index (χ3n) is 2.73. The second-order valence-corrected chi connectivity index (χ2v) is 4.24. The topological polar surface area (TPSA) is 59.0 Å². The third kappa shape index (κ3) is 3.93. The second-order valence-electron chi connectivity index (χ2n) is 4.24. The number of nitrogens with zero attached hydrogens (tertiary/aromatic N) is 2. The molecule has 0 radical (unpaired) electrons. The number of hydrogen-bond acceptors (Lipinski definition) is 3. The van der Waals surface area contributed by atoms with Gasteiger partial charge >= 0.3 is 0 Å². The predicted octanol–water partition coefficient (Wildman–Crippen LogP) is 1.10. The third-order valence-corrected chi connectivity index (χ3v) is 2.73. The Hall–Kier alpha value is -2.14. The van der Waals surface area contributed by atoms with Crippen LogP contribution < -0.4 is 10.6 Å². The fourth-order valence-electron chi connectivity index (χ4n) is 1.85. The van der Waals surface area contributed by atoms with Crippen molar-refractivity contribution in [1.82, 2.24) is 20.4 Å². The molecule has 0 fully saturated rings. The molecule has 0 unspecified atom stereocenters. The van der Waals surface area contributed by atoms with Gasteiger partial charge < -0.3 is 10.6 Å². The summed E-state index contributed by atoms with van der Waals surface area (Å²) < 4.78 is 1.85. The van der Waals surface area contributed by atoms with Crippen LogP contribution in [0.2, 0.25) is 0 Å². The van der Waals surface area contributed by atoms with Gasteiger partial charge in [-0.1, -0.05) is 18.2 Å². The van der Waals surface area contributed by atoms with Crippen molar-refractivity contribution in [1.29, 1.82) is 0 Å². The molecule has 100 valence electrons. The first-order valence-electron chi connectivity index (χ1n) is 6.30. The molecule has 0 saturated carbocycles. The highest BCUT2D eigenvalue weighted by atomic mass is 16.1. The van der Waals surface area contributed by atoms with Gasteiger partial charge in [-0.2, -0.15) is 5.10 Å². The summed E-state index contributed by atoms with van der Waals surface area (Å²) in [6.07, 6.45) is 3.69. The van der Waals surface area contributed by atoms with Gasteiger partial charge in [0.2, 0.25) is 5.91 Å². The van der Waals surface area contributed by atoms with Gasteiger partial charge in [0, 0.05) is 39.0 Å². The molecule has 5 nitrogen and oxygen atoms in total. The minimum Gasteiger partial charge on any atom is -0.355 e. The van der Waals surface area contributed by atoms with Crippen LogP contribution in [0.5, 0.6) is 0 Å². The van der Waals surface area contributed by atoms with Crippen molar-refractivity contribution in [3.8, 4) is 5.69 Å². The Labute approximate surface area is 112 Å². The van der Waals surface area contributed by atoms with E-state index in [0.29, 0.717) is 6.54 Å². The second kappa shape index (κ2) is 6.70. The number of carbonyl (C=O) groups excluding carboxylic acids is 1. The van der Waals surface area contributed by atoms with Crippen LogP contribution in [-0.2, 0) is 11.3 Å². The minimum atomic E-state index is -0.00117. The molecule has 1 aromatic heterocycles. The average molecular weight is 258 g/mol. The van der Waals surface area contributed by atoms with Gasteiger partial charge in [0.15, 0.2) is 0 Å². The molecular weight excluding hydrogens is 240 g/mol. The zero-order valence-corrected chi connectivity index (χ0v) is 11.0. The van der Waals surface area contributed by atoms with Crippen molar-refractivity contribution in [2.45, 2.75) is 13.5 Å². The van der Waals surface area contributed by atoms with E-state index in [1.54, 1.807) is 6.20 Å². The maximum Gasteiger partial charge on any atom is 0.216 e. The molecule has 2 N–H and O–H groups in total. The highest BCUT2D eigenvalue weighted by Crippen LogP contribution is 2.12. The van der Waals surface area contributed by atoms with Gasteiger partial charge in [-0.15, -0.1) is 0 Å². The van der Waals surface area contributed by atoms with E-state index in [1.165, 1.54) is 12.5 Å². The number of amides is 1. The van der Waals surface area contributed by atoms with Crippen LogP contribution >= 0.6 is 0 Å². The zero-order chi connectivity index (χ0) is 13.5. The molecule has 19 heavy (non-hydrogen) atoms. The smallest absolute Gasteiger partial charge is 0.216 e. The van der Waals surface area contributed by atoms with Crippen molar-refractivity contribution in [2.24, 2.45) is 0 Å². The molecule has 2 aromatic rings. The van der Waals surface area contributed by atoms with Crippen LogP contribution in [0.3, 0.4) is 0 Å². The van der Waals surface area contributed by atoms with E-state index in [-0.39, 0.29) is 5.91 Å². The highest BCUT2D eigenvalue weighted by molar-refractivity contribution is 5.72. The number of aromatic nitrogens is 2. The number of rotatable bonds is 6.